The molecule has 0 spiro atoms. The number of hydrogen-bond donors (Lipinski definition) is 1. The monoisotopic (exact) mass is 242 g/mol. The molecule has 16 heavy (non-hydrogen) atoms. The first-order valence-corrected chi connectivity index (χ1v) is 6.31. The van der Waals surface area contributed by atoms with Crippen molar-refractivity contribution in [3.63, 3.8) is 0 Å². The molecule has 4 heteroatoms. The molecular formula is C12H22N2OS. The fourth-order valence-corrected chi connectivity index (χ4v) is 2.12. The Morgan fingerprint density at radius 2 is 2.25 bits per heavy atom. The molecule has 1 aliphatic rings. The predicted octanol–water partition coefficient (Wildman–Crippen LogP) is 1.95. The van der Waals surface area contributed by atoms with Crippen LogP contribution in [0.4, 0.5) is 0 Å². The fourth-order valence-electron chi connectivity index (χ4n) is 2.02. The van der Waals surface area contributed by atoms with Crippen molar-refractivity contribution in [3.8, 4) is 0 Å². The van der Waals surface area contributed by atoms with Gasteiger partial charge in [-0.3, -0.25) is 4.79 Å². The van der Waals surface area contributed by atoms with E-state index in [2.05, 4.69) is 20.8 Å². The minimum absolute atomic E-state index is 0.0935. The Morgan fingerprint density at radius 3 is 2.69 bits per heavy atom. The second-order valence-corrected chi connectivity index (χ2v) is 5.94. The summed E-state index contributed by atoms with van der Waals surface area (Å²) < 4.78 is 0. The lowest BCUT2D eigenvalue weighted by Gasteiger charge is -2.24. The predicted molar refractivity (Wildman–Crippen MR) is 70.2 cm³/mol. The molecule has 1 amide bonds. The van der Waals surface area contributed by atoms with Crippen molar-refractivity contribution in [1.29, 1.82) is 0 Å². The maximum atomic E-state index is 11.5. The second kappa shape index (κ2) is 5.13. The molecule has 1 aliphatic heterocycles. The van der Waals surface area contributed by atoms with Gasteiger partial charge in [0.15, 0.2) is 0 Å². The van der Waals surface area contributed by atoms with E-state index in [1.54, 1.807) is 0 Å². The van der Waals surface area contributed by atoms with Crippen LogP contribution in [-0.4, -0.2) is 28.9 Å². The molecule has 1 rings (SSSR count). The zero-order valence-corrected chi connectivity index (χ0v) is 11.3. The van der Waals surface area contributed by atoms with Crippen molar-refractivity contribution in [3.05, 3.63) is 0 Å². The van der Waals surface area contributed by atoms with E-state index in [1.807, 2.05) is 4.90 Å². The molecule has 0 aromatic rings. The molecule has 0 bridgehead atoms. The van der Waals surface area contributed by atoms with Crippen molar-refractivity contribution < 1.29 is 4.79 Å². The lowest BCUT2D eigenvalue weighted by atomic mass is 9.88. The van der Waals surface area contributed by atoms with Gasteiger partial charge in [-0.1, -0.05) is 33.0 Å². The van der Waals surface area contributed by atoms with Crippen LogP contribution in [0.5, 0.6) is 0 Å². The zero-order valence-electron chi connectivity index (χ0n) is 10.5. The average Bonchev–Trinajstić information content (AvgIpc) is 2.44. The molecule has 0 aromatic carbocycles. The van der Waals surface area contributed by atoms with Crippen LogP contribution in [0, 0.1) is 11.3 Å². The van der Waals surface area contributed by atoms with Gasteiger partial charge in [-0.15, -0.1) is 0 Å². The van der Waals surface area contributed by atoms with Gasteiger partial charge < -0.3 is 10.6 Å². The highest BCUT2D eigenvalue weighted by atomic mass is 32.1. The van der Waals surface area contributed by atoms with Crippen molar-refractivity contribution in [2.75, 3.05) is 13.1 Å². The van der Waals surface area contributed by atoms with Gasteiger partial charge in [0.25, 0.3) is 0 Å². The molecule has 1 heterocycles. The van der Waals surface area contributed by atoms with Crippen LogP contribution < -0.4 is 5.73 Å². The Hall–Kier alpha value is -0.640. The van der Waals surface area contributed by atoms with Gasteiger partial charge in [0, 0.05) is 24.9 Å². The summed E-state index contributed by atoms with van der Waals surface area (Å²) in [6.07, 6.45) is 2.63. The number of hydrogen-bond acceptors (Lipinski definition) is 2. The summed E-state index contributed by atoms with van der Waals surface area (Å²) in [5.41, 5.74) is 5.57. The van der Waals surface area contributed by atoms with E-state index in [1.165, 1.54) is 0 Å². The van der Waals surface area contributed by atoms with Gasteiger partial charge >= 0.3 is 0 Å². The van der Waals surface area contributed by atoms with Crippen LogP contribution in [0.2, 0.25) is 0 Å². The topological polar surface area (TPSA) is 46.3 Å². The maximum absolute atomic E-state index is 11.5. The number of carbonyl (C=O) groups is 1. The number of likely N-dealkylation sites (tertiary alicyclic amines) is 1. The van der Waals surface area contributed by atoms with Crippen molar-refractivity contribution >= 4 is 23.1 Å². The number of carbonyl (C=O) groups excluding carboxylic acids is 1. The highest BCUT2D eigenvalue weighted by Gasteiger charge is 2.27. The number of nitrogens with two attached hydrogens (primary N) is 1. The van der Waals surface area contributed by atoms with Gasteiger partial charge in [0.1, 0.15) is 0 Å². The van der Waals surface area contributed by atoms with E-state index >= 15 is 0 Å². The van der Waals surface area contributed by atoms with Gasteiger partial charge in [-0.05, 0) is 18.8 Å². The van der Waals surface area contributed by atoms with Crippen LogP contribution in [0.25, 0.3) is 0 Å². The van der Waals surface area contributed by atoms with E-state index in [0.717, 1.165) is 25.9 Å². The highest BCUT2D eigenvalue weighted by molar-refractivity contribution is 7.80. The Kier molecular flexibility index (Phi) is 4.30. The Bertz CT molecular complexity index is 289. The first-order chi connectivity index (χ1) is 7.33. The van der Waals surface area contributed by atoms with E-state index in [9.17, 15) is 4.79 Å². The minimum Gasteiger partial charge on any atom is -0.393 e. The summed E-state index contributed by atoms with van der Waals surface area (Å²) in [7, 11) is 0. The first-order valence-electron chi connectivity index (χ1n) is 5.90. The van der Waals surface area contributed by atoms with Gasteiger partial charge in [0.2, 0.25) is 5.91 Å². The summed E-state index contributed by atoms with van der Waals surface area (Å²) in [5, 5.41) is 0. The first kappa shape index (κ1) is 13.4. The quantitative estimate of drug-likeness (QED) is 0.750. The Morgan fingerprint density at radius 1 is 1.62 bits per heavy atom. The number of rotatable bonds is 5. The molecule has 0 aromatic heterocycles. The molecule has 1 fully saturated rings. The standard InChI is InChI=1S/C12H22N2OS/c1-9-7-10(15)14(8-9)6-4-5-12(2,3)11(13)16/h9H,4-8H2,1-3H3,(H2,13,16). The summed E-state index contributed by atoms with van der Waals surface area (Å²) in [5.74, 6) is 0.803. The second-order valence-electron chi connectivity index (χ2n) is 5.50. The summed E-state index contributed by atoms with van der Waals surface area (Å²) in [6, 6.07) is 0. The number of nitrogens with zero attached hydrogens (tertiary/aromatic N) is 1. The third-order valence-electron chi connectivity index (χ3n) is 3.30. The summed E-state index contributed by atoms with van der Waals surface area (Å²) in [6.45, 7) is 7.99. The van der Waals surface area contributed by atoms with E-state index < -0.39 is 0 Å². The molecule has 3 nitrogen and oxygen atoms in total. The average molecular weight is 242 g/mol. The lowest BCUT2D eigenvalue weighted by molar-refractivity contribution is -0.127. The van der Waals surface area contributed by atoms with Crippen LogP contribution in [0.1, 0.15) is 40.0 Å². The van der Waals surface area contributed by atoms with Crippen molar-refractivity contribution in [2.45, 2.75) is 40.0 Å². The fraction of sp³-hybridized carbons (Fsp3) is 0.833. The maximum Gasteiger partial charge on any atom is 0.222 e. The number of thiocarbonyl (C=S) groups is 1. The Labute approximate surface area is 103 Å². The SMILES string of the molecule is CC1CC(=O)N(CCCC(C)(C)C(N)=S)C1. The molecule has 1 saturated heterocycles. The summed E-state index contributed by atoms with van der Waals surface area (Å²) in [4.78, 5) is 14.1. The molecule has 0 saturated carbocycles. The molecule has 92 valence electrons. The van der Waals surface area contributed by atoms with Crippen LogP contribution in [-0.2, 0) is 4.79 Å². The van der Waals surface area contributed by atoms with Gasteiger partial charge in [-0.25, -0.2) is 0 Å². The molecule has 2 N–H and O–H groups in total. The molecule has 1 atom stereocenters. The van der Waals surface area contributed by atoms with Crippen LogP contribution in [0.15, 0.2) is 0 Å². The zero-order chi connectivity index (χ0) is 12.3. The molecule has 0 aliphatic carbocycles. The van der Waals surface area contributed by atoms with Gasteiger partial charge in [0.05, 0.1) is 4.99 Å². The lowest BCUT2D eigenvalue weighted by Crippen LogP contribution is -2.32. The molecular weight excluding hydrogens is 220 g/mol. The van der Waals surface area contributed by atoms with E-state index in [-0.39, 0.29) is 5.41 Å². The van der Waals surface area contributed by atoms with Crippen molar-refractivity contribution in [2.24, 2.45) is 17.1 Å². The third-order valence-corrected chi connectivity index (χ3v) is 3.86. The number of amides is 1. The summed E-state index contributed by atoms with van der Waals surface area (Å²) >= 11 is 5.02. The van der Waals surface area contributed by atoms with E-state index in [4.69, 9.17) is 18.0 Å². The smallest absolute Gasteiger partial charge is 0.222 e. The Balaban J connectivity index is 2.31. The third kappa shape index (κ3) is 3.44. The van der Waals surface area contributed by atoms with Crippen LogP contribution >= 0.6 is 12.2 Å². The molecule has 0 radical (unpaired) electrons. The van der Waals surface area contributed by atoms with E-state index in [0.29, 0.717) is 23.2 Å². The van der Waals surface area contributed by atoms with Crippen LogP contribution in [0.3, 0.4) is 0 Å². The highest BCUT2D eigenvalue weighted by Crippen LogP contribution is 2.24. The van der Waals surface area contributed by atoms with Crippen molar-refractivity contribution in [1.82, 2.24) is 4.90 Å². The minimum atomic E-state index is -0.0935. The largest absolute Gasteiger partial charge is 0.393 e. The molecule has 1 unspecified atom stereocenters. The normalized spacial score (nSPS) is 21.6. The van der Waals surface area contributed by atoms with Gasteiger partial charge in [-0.2, -0.15) is 0 Å².